The van der Waals surface area contributed by atoms with Crippen molar-refractivity contribution in [1.82, 2.24) is 19.8 Å². The summed E-state index contributed by atoms with van der Waals surface area (Å²) in [6, 6.07) is 9.64. The second-order valence-corrected chi connectivity index (χ2v) is 6.95. The van der Waals surface area contributed by atoms with Crippen molar-refractivity contribution < 1.29 is 9.53 Å². The average molecular weight is 384 g/mol. The van der Waals surface area contributed by atoms with Crippen LogP contribution < -0.4 is 15.0 Å². The third-order valence-electron chi connectivity index (χ3n) is 4.71. The fourth-order valence-corrected chi connectivity index (χ4v) is 3.16. The van der Waals surface area contributed by atoms with E-state index < -0.39 is 0 Å². The highest BCUT2D eigenvalue weighted by molar-refractivity contribution is 5.92. The van der Waals surface area contributed by atoms with Crippen LogP contribution >= 0.6 is 0 Å². The van der Waals surface area contributed by atoms with Gasteiger partial charge >= 0.3 is 0 Å². The Kier molecular flexibility index (Phi) is 6.65. The van der Waals surface area contributed by atoms with Crippen LogP contribution in [0.15, 0.2) is 36.5 Å². The number of carbonyl (C=O) groups is 1. The third kappa shape index (κ3) is 4.89. The molecule has 0 aliphatic carbocycles. The minimum Gasteiger partial charge on any atom is -0.495 e. The molecule has 0 atom stereocenters. The number of piperazine rings is 1. The minimum atomic E-state index is -0.0577. The SMILES string of the molecule is COc1ccccc1N1CCN(C(=O)c2ccnc(NCCN(C)C)n2)CC1. The van der Waals surface area contributed by atoms with Crippen LogP contribution in [0.1, 0.15) is 10.5 Å². The lowest BCUT2D eigenvalue weighted by Gasteiger charge is -2.36. The largest absolute Gasteiger partial charge is 0.495 e. The molecule has 1 aliphatic rings. The Morgan fingerprint density at radius 2 is 1.93 bits per heavy atom. The van der Waals surface area contributed by atoms with E-state index in [0.717, 1.165) is 37.6 Å². The zero-order valence-corrected chi connectivity index (χ0v) is 16.8. The van der Waals surface area contributed by atoms with Crippen LogP contribution in [-0.2, 0) is 0 Å². The smallest absolute Gasteiger partial charge is 0.272 e. The predicted molar refractivity (Wildman–Crippen MR) is 110 cm³/mol. The van der Waals surface area contributed by atoms with E-state index in [4.69, 9.17) is 4.74 Å². The van der Waals surface area contributed by atoms with E-state index in [1.807, 2.05) is 43.3 Å². The molecule has 0 unspecified atom stereocenters. The predicted octanol–water partition coefficient (Wildman–Crippen LogP) is 1.42. The summed E-state index contributed by atoms with van der Waals surface area (Å²) in [5.41, 5.74) is 1.49. The van der Waals surface area contributed by atoms with Gasteiger partial charge in [-0.05, 0) is 32.3 Å². The van der Waals surface area contributed by atoms with Gasteiger partial charge in [0.1, 0.15) is 11.4 Å². The molecule has 1 fully saturated rings. The standard InChI is InChI=1S/C20H28N6O2/c1-24(2)11-10-22-20-21-9-8-16(23-20)19(27)26-14-12-25(13-15-26)17-6-4-5-7-18(17)28-3/h4-9H,10-15H2,1-3H3,(H,21,22,23). The number of nitrogens with one attached hydrogen (secondary N) is 1. The van der Waals surface area contributed by atoms with Gasteiger partial charge in [0.2, 0.25) is 5.95 Å². The van der Waals surface area contributed by atoms with E-state index in [9.17, 15) is 4.79 Å². The lowest BCUT2D eigenvalue weighted by atomic mass is 10.2. The highest BCUT2D eigenvalue weighted by atomic mass is 16.5. The Morgan fingerprint density at radius 1 is 1.18 bits per heavy atom. The van der Waals surface area contributed by atoms with E-state index >= 15 is 0 Å². The molecule has 8 heteroatoms. The molecule has 1 aromatic heterocycles. The molecule has 8 nitrogen and oxygen atoms in total. The number of likely N-dealkylation sites (N-methyl/N-ethyl adjacent to an activating group) is 1. The number of para-hydroxylation sites is 2. The lowest BCUT2D eigenvalue weighted by Crippen LogP contribution is -2.49. The van der Waals surface area contributed by atoms with E-state index in [2.05, 4.69) is 25.1 Å². The summed E-state index contributed by atoms with van der Waals surface area (Å²) >= 11 is 0. The number of anilines is 2. The molecule has 28 heavy (non-hydrogen) atoms. The fourth-order valence-electron chi connectivity index (χ4n) is 3.16. The van der Waals surface area contributed by atoms with Gasteiger partial charge in [-0.1, -0.05) is 12.1 Å². The van der Waals surface area contributed by atoms with Crippen molar-refractivity contribution in [2.75, 3.05) is 70.7 Å². The maximum atomic E-state index is 12.9. The first kappa shape index (κ1) is 19.9. The number of ether oxygens (including phenoxy) is 1. The molecule has 1 aliphatic heterocycles. The molecule has 3 rings (SSSR count). The van der Waals surface area contributed by atoms with Crippen molar-refractivity contribution in [2.24, 2.45) is 0 Å². The molecule has 0 radical (unpaired) electrons. The zero-order valence-electron chi connectivity index (χ0n) is 16.8. The highest BCUT2D eigenvalue weighted by Crippen LogP contribution is 2.28. The molecular formula is C20H28N6O2. The van der Waals surface area contributed by atoms with Gasteiger partial charge < -0.3 is 24.8 Å². The monoisotopic (exact) mass is 384 g/mol. The van der Waals surface area contributed by atoms with Crippen LogP contribution in [0.2, 0.25) is 0 Å². The number of methoxy groups -OCH3 is 1. The molecule has 2 aromatic rings. The number of benzene rings is 1. The van der Waals surface area contributed by atoms with E-state index in [-0.39, 0.29) is 5.91 Å². The second-order valence-electron chi connectivity index (χ2n) is 6.95. The Bertz CT molecular complexity index is 790. The minimum absolute atomic E-state index is 0.0577. The Labute approximate surface area is 166 Å². The van der Waals surface area contributed by atoms with E-state index in [1.54, 1.807) is 19.4 Å². The average Bonchev–Trinajstić information content (AvgIpc) is 2.73. The van der Waals surface area contributed by atoms with Gasteiger partial charge in [0, 0.05) is 45.5 Å². The quantitative estimate of drug-likeness (QED) is 0.774. The molecule has 0 bridgehead atoms. The van der Waals surface area contributed by atoms with E-state index in [0.29, 0.717) is 24.7 Å². The van der Waals surface area contributed by atoms with Crippen LogP contribution in [0.4, 0.5) is 11.6 Å². The van der Waals surface area contributed by atoms with Crippen LogP contribution in [0.3, 0.4) is 0 Å². The number of carbonyl (C=O) groups excluding carboxylic acids is 1. The van der Waals surface area contributed by atoms with Gasteiger partial charge in [-0.15, -0.1) is 0 Å². The molecule has 1 aromatic carbocycles. The summed E-state index contributed by atoms with van der Waals surface area (Å²) in [4.78, 5) is 27.6. The van der Waals surface area contributed by atoms with Crippen molar-refractivity contribution in [2.45, 2.75) is 0 Å². The van der Waals surface area contributed by atoms with Gasteiger partial charge in [0.25, 0.3) is 5.91 Å². The number of rotatable bonds is 7. The summed E-state index contributed by atoms with van der Waals surface area (Å²) in [6.45, 7) is 4.39. The molecule has 1 N–H and O–H groups in total. The molecule has 0 saturated carbocycles. The van der Waals surface area contributed by atoms with Crippen molar-refractivity contribution in [1.29, 1.82) is 0 Å². The molecule has 1 amide bonds. The Morgan fingerprint density at radius 3 is 2.64 bits per heavy atom. The van der Waals surface area contributed by atoms with Crippen molar-refractivity contribution in [3.05, 3.63) is 42.2 Å². The normalized spacial score (nSPS) is 14.3. The Balaban J connectivity index is 1.59. The fraction of sp³-hybridized carbons (Fsp3) is 0.450. The Hall–Kier alpha value is -2.87. The molecular weight excluding hydrogens is 356 g/mol. The van der Waals surface area contributed by atoms with Gasteiger partial charge in [0.05, 0.1) is 12.8 Å². The second kappa shape index (κ2) is 9.36. The molecule has 2 heterocycles. The first-order chi connectivity index (χ1) is 13.6. The van der Waals surface area contributed by atoms with Crippen LogP contribution in [0, 0.1) is 0 Å². The summed E-state index contributed by atoms with van der Waals surface area (Å²) in [7, 11) is 5.69. The summed E-state index contributed by atoms with van der Waals surface area (Å²) < 4.78 is 5.45. The maximum absolute atomic E-state index is 12.9. The molecule has 1 saturated heterocycles. The van der Waals surface area contributed by atoms with Gasteiger partial charge in [-0.3, -0.25) is 4.79 Å². The highest BCUT2D eigenvalue weighted by Gasteiger charge is 2.24. The van der Waals surface area contributed by atoms with Gasteiger partial charge in [-0.2, -0.15) is 0 Å². The van der Waals surface area contributed by atoms with Crippen molar-refractivity contribution >= 4 is 17.5 Å². The first-order valence-corrected chi connectivity index (χ1v) is 9.47. The first-order valence-electron chi connectivity index (χ1n) is 9.47. The van der Waals surface area contributed by atoms with Gasteiger partial charge in [-0.25, -0.2) is 9.97 Å². The lowest BCUT2D eigenvalue weighted by molar-refractivity contribution is 0.0740. The topological polar surface area (TPSA) is 73.8 Å². The number of hydrogen-bond donors (Lipinski definition) is 1. The zero-order chi connectivity index (χ0) is 19.9. The number of amides is 1. The third-order valence-corrected chi connectivity index (χ3v) is 4.71. The summed E-state index contributed by atoms with van der Waals surface area (Å²) in [5, 5.41) is 3.16. The van der Waals surface area contributed by atoms with Crippen LogP contribution in [-0.4, -0.2) is 86.1 Å². The van der Waals surface area contributed by atoms with Crippen molar-refractivity contribution in [3.8, 4) is 5.75 Å². The van der Waals surface area contributed by atoms with Crippen LogP contribution in [0.5, 0.6) is 5.75 Å². The number of nitrogens with zero attached hydrogens (tertiary/aromatic N) is 5. The molecule has 0 spiro atoms. The van der Waals surface area contributed by atoms with Crippen LogP contribution in [0.25, 0.3) is 0 Å². The summed E-state index contributed by atoms with van der Waals surface area (Å²) in [5.74, 6) is 1.28. The maximum Gasteiger partial charge on any atom is 0.272 e. The summed E-state index contributed by atoms with van der Waals surface area (Å²) in [6.07, 6.45) is 1.63. The molecule has 150 valence electrons. The van der Waals surface area contributed by atoms with E-state index in [1.165, 1.54) is 0 Å². The van der Waals surface area contributed by atoms with Gasteiger partial charge in [0.15, 0.2) is 0 Å². The number of hydrogen-bond acceptors (Lipinski definition) is 7. The van der Waals surface area contributed by atoms with Crippen molar-refractivity contribution in [3.63, 3.8) is 0 Å². The number of aromatic nitrogens is 2.